The third-order valence-corrected chi connectivity index (χ3v) is 4.51. The van der Waals surface area contributed by atoms with Crippen LogP contribution in [0.15, 0.2) is 48.7 Å². The molecule has 5 nitrogen and oxygen atoms in total. The Kier molecular flexibility index (Phi) is 4.98. The molecule has 0 fully saturated rings. The number of rotatable bonds is 3. The van der Waals surface area contributed by atoms with Crippen molar-refractivity contribution in [1.29, 1.82) is 0 Å². The van der Waals surface area contributed by atoms with Crippen LogP contribution >= 0.6 is 11.6 Å². The monoisotopic (exact) mass is 438 g/mol. The molecule has 1 amide bonds. The summed E-state index contributed by atoms with van der Waals surface area (Å²) in [7, 11) is 0. The first-order valence-electron chi connectivity index (χ1n) is 8.48. The summed E-state index contributed by atoms with van der Waals surface area (Å²) in [4.78, 5) is 16.1. The standard InChI is InChI=1S/C20H11ClF4N2O3/c21-12-7-15-16(30-20(24,25)9-29-15)6-11(12)10-4-5-17(26-8-10)27-19(28)18-13(22)2-1-3-14(18)23/h1-8H,9H2,(H,26,27,28). The van der Waals surface area contributed by atoms with Crippen LogP contribution in [0.1, 0.15) is 10.4 Å². The number of alkyl halides is 2. The lowest BCUT2D eigenvalue weighted by Crippen LogP contribution is -2.35. The van der Waals surface area contributed by atoms with E-state index in [4.69, 9.17) is 16.3 Å². The lowest BCUT2D eigenvalue weighted by atomic mass is 10.1. The fourth-order valence-electron chi connectivity index (χ4n) is 2.82. The predicted octanol–water partition coefficient (Wildman–Crippen LogP) is 5.30. The normalized spacial score (nSPS) is 14.3. The fourth-order valence-corrected chi connectivity index (χ4v) is 3.08. The van der Waals surface area contributed by atoms with Crippen molar-refractivity contribution >= 4 is 23.3 Å². The smallest absolute Gasteiger partial charge is 0.433 e. The van der Waals surface area contributed by atoms with Gasteiger partial charge in [-0.1, -0.05) is 17.7 Å². The minimum absolute atomic E-state index is 0.0200. The topological polar surface area (TPSA) is 60.5 Å². The molecular weight excluding hydrogens is 428 g/mol. The number of nitrogens with zero attached hydrogens (tertiary/aromatic N) is 1. The van der Waals surface area contributed by atoms with Gasteiger partial charge in [-0.15, -0.1) is 0 Å². The highest BCUT2D eigenvalue weighted by atomic mass is 35.5. The summed E-state index contributed by atoms with van der Waals surface area (Å²) < 4.78 is 63.8. The molecule has 154 valence electrons. The van der Waals surface area contributed by atoms with Gasteiger partial charge in [0.25, 0.3) is 5.91 Å². The lowest BCUT2D eigenvalue weighted by Gasteiger charge is -2.26. The van der Waals surface area contributed by atoms with Crippen LogP contribution in [0, 0.1) is 11.6 Å². The van der Waals surface area contributed by atoms with Gasteiger partial charge in [-0.2, -0.15) is 8.78 Å². The highest BCUT2D eigenvalue weighted by Gasteiger charge is 2.38. The third kappa shape index (κ3) is 3.88. The van der Waals surface area contributed by atoms with E-state index in [0.29, 0.717) is 11.1 Å². The number of amides is 1. The van der Waals surface area contributed by atoms with Gasteiger partial charge >= 0.3 is 6.11 Å². The molecule has 0 atom stereocenters. The quantitative estimate of drug-likeness (QED) is 0.564. The van der Waals surface area contributed by atoms with Gasteiger partial charge in [0.05, 0.1) is 5.02 Å². The van der Waals surface area contributed by atoms with Crippen LogP contribution in [-0.4, -0.2) is 23.6 Å². The van der Waals surface area contributed by atoms with Crippen molar-refractivity contribution in [3.8, 4) is 22.6 Å². The second-order valence-corrected chi connectivity index (χ2v) is 6.70. The lowest BCUT2D eigenvalue weighted by molar-refractivity contribution is -0.208. The molecule has 1 aliphatic heterocycles. The second kappa shape index (κ2) is 7.49. The molecule has 0 saturated carbocycles. The molecule has 3 aromatic rings. The van der Waals surface area contributed by atoms with Gasteiger partial charge in [-0.3, -0.25) is 4.79 Å². The summed E-state index contributed by atoms with van der Waals surface area (Å²) in [6, 6.07) is 8.56. The molecular formula is C20H11ClF4N2O3. The highest BCUT2D eigenvalue weighted by molar-refractivity contribution is 6.33. The van der Waals surface area contributed by atoms with Crippen molar-refractivity contribution < 1.29 is 31.8 Å². The van der Waals surface area contributed by atoms with E-state index in [1.54, 1.807) is 0 Å². The number of ether oxygens (including phenoxy) is 2. The van der Waals surface area contributed by atoms with Crippen LogP contribution in [0.4, 0.5) is 23.4 Å². The zero-order valence-electron chi connectivity index (χ0n) is 14.9. The molecule has 2 aromatic carbocycles. The summed E-state index contributed by atoms with van der Waals surface area (Å²) in [6.07, 6.45) is -2.16. The molecule has 0 unspecified atom stereocenters. The molecule has 0 saturated heterocycles. The number of benzene rings is 2. The van der Waals surface area contributed by atoms with Crippen molar-refractivity contribution in [1.82, 2.24) is 4.98 Å². The maximum Gasteiger partial charge on any atom is 0.433 e. The number of halogens is 5. The molecule has 0 spiro atoms. The molecule has 1 N–H and O–H groups in total. The summed E-state index contributed by atoms with van der Waals surface area (Å²) in [5.74, 6) is -3.11. The molecule has 0 bridgehead atoms. The Morgan fingerprint density at radius 2 is 1.83 bits per heavy atom. The molecule has 1 aliphatic rings. The summed E-state index contributed by atoms with van der Waals surface area (Å²) in [5, 5.41) is 2.49. The van der Waals surface area contributed by atoms with E-state index >= 15 is 0 Å². The van der Waals surface area contributed by atoms with E-state index in [0.717, 1.165) is 18.2 Å². The Labute approximate surface area is 172 Å². The van der Waals surface area contributed by atoms with Gasteiger partial charge in [0.2, 0.25) is 0 Å². The van der Waals surface area contributed by atoms with E-state index < -0.39 is 35.8 Å². The number of anilines is 1. The van der Waals surface area contributed by atoms with Gasteiger partial charge in [0.15, 0.2) is 18.1 Å². The second-order valence-electron chi connectivity index (χ2n) is 6.29. The van der Waals surface area contributed by atoms with Gasteiger partial charge in [0, 0.05) is 23.4 Å². The summed E-state index contributed by atoms with van der Waals surface area (Å²) in [5.41, 5.74) is 0.0248. The SMILES string of the molecule is O=C(Nc1ccc(-c2cc3c(cc2Cl)OCC(F)(F)O3)cn1)c1c(F)cccc1F. The van der Waals surface area contributed by atoms with Crippen LogP contribution in [0.2, 0.25) is 5.02 Å². The number of hydrogen-bond acceptors (Lipinski definition) is 4. The van der Waals surface area contributed by atoms with Crippen molar-refractivity contribution in [2.45, 2.75) is 6.11 Å². The van der Waals surface area contributed by atoms with Crippen molar-refractivity contribution in [3.63, 3.8) is 0 Å². The number of carbonyl (C=O) groups is 1. The predicted molar refractivity (Wildman–Crippen MR) is 100 cm³/mol. The summed E-state index contributed by atoms with van der Waals surface area (Å²) >= 11 is 6.20. The van der Waals surface area contributed by atoms with Crippen LogP contribution in [0.5, 0.6) is 11.5 Å². The molecule has 2 heterocycles. The maximum atomic E-state index is 13.7. The van der Waals surface area contributed by atoms with E-state index in [2.05, 4.69) is 15.0 Å². The Hall–Kier alpha value is -3.33. The average molecular weight is 439 g/mol. The zero-order valence-corrected chi connectivity index (χ0v) is 15.6. The third-order valence-electron chi connectivity index (χ3n) is 4.19. The van der Waals surface area contributed by atoms with Gasteiger partial charge < -0.3 is 14.8 Å². The number of hydrogen-bond donors (Lipinski definition) is 1. The highest BCUT2D eigenvalue weighted by Crippen LogP contribution is 2.43. The molecule has 4 rings (SSSR count). The minimum atomic E-state index is -3.47. The zero-order chi connectivity index (χ0) is 21.5. The number of aromatic nitrogens is 1. The first-order chi connectivity index (χ1) is 14.2. The first-order valence-corrected chi connectivity index (χ1v) is 8.86. The van der Waals surface area contributed by atoms with E-state index in [1.807, 2.05) is 0 Å². The Morgan fingerprint density at radius 1 is 1.10 bits per heavy atom. The van der Waals surface area contributed by atoms with E-state index in [1.165, 1.54) is 30.5 Å². The van der Waals surface area contributed by atoms with Gasteiger partial charge in [-0.05, 0) is 30.3 Å². The van der Waals surface area contributed by atoms with Crippen LogP contribution in [-0.2, 0) is 0 Å². The minimum Gasteiger partial charge on any atom is -0.479 e. The van der Waals surface area contributed by atoms with Gasteiger partial charge in [-0.25, -0.2) is 13.8 Å². The van der Waals surface area contributed by atoms with Crippen molar-refractivity contribution in [2.75, 3.05) is 11.9 Å². The van der Waals surface area contributed by atoms with Crippen LogP contribution in [0.25, 0.3) is 11.1 Å². The summed E-state index contributed by atoms with van der Waals surface area (Å²) in [6.45, 7) is -0.922. The van der Waals surface area contributed by atoms with E-state index in [9.17, 15) is 22.4 Å². The Bertz CT molecular complexity index is 1120. The maximum absolute atomic E-state index is 13.7. The molecule has 1 aromatic heterocycles. The number of carbonyl (C=O) groups excluding carboxylic acids is 1. The Morgan fingerprint density at radius 3 is 2.50 bits per heavy atom. The Balaban J connectivity index is 1.58. The number of fused-ring (bicyclic) bond motifs is 1. The fraction of sp³-hybridized carbons (Fsp3) is 0.100. The molecule has 30 heavy (non-hydrogen) atoms. The van der Waals surface area contributed by atoms with Crippen molar-refractivity contribution in [2.24, 2.45) is 0 Å². The molecule has 0 aliphatic carbocycles. The van der Waals surface area contributed by atoms with Crippen LogP contribution in [0.3, 0.4) is 0 Å². The van der Waals surface area contributed by atoms with Crippen LogP contribution < -0.4 is 14.8 Å². The van der Waals surface area contributed by atoms with Gasteiger partial charge in [0.1, 0.15) is 23.0 Å². The largest absolute Gasteiger partial charge is 0.479 e. The number of pyridine rings is 1. The molecule has 10 heteroatoms. The molecule has 0 radical (unpaired) electrons. The average Bonchev–Trinajstić information content (AvgIpc) is 2.68. The number of nitrogens with one attached hydrogen (secondary N) is 1. The van der Waals surface area contributed by atoms with E-state index in [-0.39, 0.29) is 22.3 Å². The van der Waals surface area contributed by atoms with Crippen molar-refractivity contribution in [3.05, 3.63) is 70.9 Å². The first kappa shape index (κ1) is 20.0.